The molecule has 0 bridgehead atoms. The van der Waals surface area contributed by atoms with Crippen molar-refractivity contribution in [2.24, 2.45) is 5.92 Å². The number of carbonyl (C=O) groups excluding carboxylic acids is 1. The molecule has 1 saturated heterocycles. The first-order chi connectivity index (χ1) is 15.3. The van der Waals surface area contributed by atoms with E-state index < -0.39 is 11.7 Å². The SMILES string of the molecule is O=C(Nc1cc(C(F)(F)F)ccc1Cl)C1CCN(c2cc(-c3ccccc3)ncn2)CC1. The molecule has 166 valence electrons. The van der Waals surface area contributed by atoms with Crippen LogP contribution in [0.15, 0.2) is 60.9 Å². The van der Waals surface area contributed by atoms with Gasteiger partial charge in [-0.3, -0.25) is 4.79 Å². The summed E-state index contributed by atoms with van der Waals surface area (Å²) in [7, 11) is 0. The second-order valence-corrected chi connectivity index (χ2v) is 7.98. The molecule has 0 radical (unpaired) electrons. The van der Waals surface area contributed by atoms with E-state index in [0.717, 1.165) is 35.3 Å². The number of benzene rings is 2. The van der Waals surface area contributed by atoms with Crippen LogP contribution in [0.25, 0.3) is 11.3 Å². The van der Waals surface area contributed by atoms with Crippen molar-refractivity contribution >= 4 is 29.0 Å². The van der Waals surface area contributed by atoms with Crippen LogP contribution in [-0.4, -0.2) is 29.0 Å². The first-order valence-electron chi connectivity index (χ1n) is 10.1. The molecular formula is C23H20ClF3N4O. The Hall–Kier alpha value is -3.13. The fourth-order valence-corrected chi connectivity index (χ4v) is 3.85. The minimum atomic E-state index is -4.51. The number of amides is 1. The molecule has 0 saturated carbocycles. The van der Waals surface area contributed by atoms with Crippen LogP contribution in [-0.2, 0) is 11.0 Å². The summed E-state index contributed by atoms with van der Waals surface area (Å²) in [6, 6.07) is 14.6. The summed E-state index contributed by atoms with van der Waals surface area (Å²) in [4.78, 5) is 23.4. The molecule has 0 spiro atoms. The van der Waals surface area contributed by atoms with Gasteiger partial charge in [-0.05, 0) is 31.0 Å². The number of carbonyl (C=O) groups is 1. The van der Waals surface area contributed by atoms with Crippen molar-refractivity contribution in [1.29, 1.82) is 0 Å². The van der Waals surface area contributed by atoms with Crippen LogP contribution >= 0.6 is 11.6 Å². The average Bonchev–Trinajstić information content (AvgIpc) is 2.80. The molecule has 1 fully saturated rings. The topological polar surface area (TPSA) is 58.1 Å². The van der Waals surface area contributed by atoms with Gasteiger partial charge >= 0.3 is 6.18 Å². The molecule has 1 aliphatic rings. The molecule has 4 rings (SSSR count). The number of alkyl halides is 3. The zero-order valence-corrected chi connectivity index (χ0v) is 17.7. The van der Waals surface area contributed by atoms with Crippen LogP contribution in [0.4, 0.5) is 24.7 Å². The maximum atomic E-state index is 13.0. The van der Waals surface area contributed by atoms with Crippen molar-refractivity contribution in [3.63, 3.8) is 0 Å². The number of halogens is 4. The lowest BCUT2D eigenvalue weighted by atomic mass is 9.95. The number of rotatable bonds is 4. The van der Waals surface area contributed by atoms with E-state index in [1.165, 1.54) is 6.33 Å². The number of hydrogen-bond acceptors (Lipinski definition) is 4. The first-order valence-corrected chi connectivity index (χ1v) is 10.5. The molecule has 0 unspecified atom stereocenters. The Bertz CT molecular complexity index is 1100. The summed E-state index contributed by atoms with van der Waals surface area (Å²) in [5, 5.41) is 2.63. The third kappa shape index (κ3) is 5.02. The van der Waals surface area contributed by atoms with E-state index >= 15 is 0 Å². The van der Waals surface area contributed by atoms with E-state index in [1.54, 1.807) is 0 Å². The Morgan fingerprint density at radius 1 is 1.03 bits per heavy atom. The predicted octanol–water partition coefficient (Wildman–Crippen LogP) is 5.67. The standard InChI is InChI=1S/C23H20ClF3N4O/c24-18-7-6-17(23(25,26)27)12-20(18)30-22(32)16-8-10-31(11-9-16)21-13-19(28-14-29-21)15-4-2-1-3-5-15/h1-7,12-14,16H,8-11H2,(H,30,32). The maximum absolute atomic E-state index is 13.0. The van der Waals surface area contributed by atoms with Gasteiger partial charge in [0.2, 0.25) is 5.91 Å². The number of nitrogens with zero attached hydrogens (tertiary/aromatic N) is 3. The fraction of sp³-hybridized carbons (Fsp3) is 0.261. The van der Waals surface area contributed by atoms with E-state index in [9.17, 15) is 18.0 Å². The summed E-state index contributed by atoms with van der Waals surface area (Å²) < 4.78 is 38.9. The molecule has 5 nitrogen and oxygen atoms in total. The van der Waals surface area contributed by atoms with Crippen molar-refractivity contribution < 1.29 is 18.0 Å². The van der Waals surface area contributed by atoms with Gasteiger partial charge in [0.25, 0.3) is 0 Å². The van der Waals surface area contributed by atoms with E-state index in [0.29, 0.717) is 25.9 Å². The van der Waals surface area contributed by atoms with E-state index in [4.69, 9.17) is 11.6 Å². The van der Waals surface area contributed by atoms with Gasteiger partial charge in [0.05, 0.1) is 22.0 Å². The van der Waals surface area contributed by atoms with Gasteiger partial charge in [0.15, 0.2) is 0 Å². The number of anilines is 2. The molecule has 3 aromatic rings. The zero-order chi connectivity index (χ0) is 22.7. The Morgan fingerprint density at radius 3 is 2.44 bits per heavy atom. The Kier molecular flexibility index (Phi) is 6.32. The van der Waals surface area contributed by atoms with Crippen LogP contribution in [0.5, 0.6) is 0 Å². The van der Waals surface area contributed by atoms with Gasteiger partial charge in [0.1, 0.15) is 12.1 Å². The van der Waals surface area contributed by atoms with Crippen molar-refractivity contribution in [2.75, 3.05) is 23.3 Å². The molecule has 32 heavy (non-hydrogen) atoms. The molecule has 1 aliphatic heterocycles. The highest BCUT2D eigenvalue weighted by atomic mass is 35.5. The van der Waals surface area contributed by atoms with Gasteiger partial charge in [-0.2, -0.15) is 13.2 Å². The number of aromatic nitrogens is 2. The highest BCUT2D eigenvalue weighted by Crippen LogP contribution is 2.34. The van der Waals surface area contributed by atoms with Crippen molar-refractivity contribution in [3.05, 3.63) is 71.5 Å². The van der Waals surface area contributed by atoms with Crippen molar-refractivity contribution in [3.8, 4) is 11.3 Å². The third-order valence-electron chi connectivity index (χ3n) is 5.46. The van der Waals surface area contributed by atoms with Gasteiger partial charge in [-0.25, -0.2) is 9.97 Å². The van der Waals surface area contributed by atoms with E-state index in [2.05, 4.69) is 20.2 Å². The van der Waals surface area contributed by atoms with Crippen LogP contribution in [0.3, 0.4) is 0 Å². The molecule has 1 aromatic heterocycles. The van der Waals surface area contributed by atoms with Crippen LogP contribution < -0.4 is 10.2 Å². The van der Waals surface area contributed by atoms with Gasteiger partial charge in [-0.1, -0.05) is 41.9 Å². The lowest BCUT2D eigenvalue weighted by Gasteiger charge is -2.32. The third-order valence-corrected chi connectivity index (χ3v) is 5.79. The molecule has 2 aromatic carbocycles. The number of nitrogens with one attached hydrogen (secondary N) is 1. The second-order valence-electron chi connectivity index (χ2n) is 7.57. The largest absolute Gasteiger partial charge is 0.416 e. The monoisotopic (exact) mass is 460 g/mol. The quantitative estimate of drug-likeness (QED) is 0.545. The first kappa shape index (κ1) is 22.1. The molecule has 9 heteroatoms. The highest BCUT2D eigenvalue weighted by molar-refractivity contribution is 6.33. The molecule has 2 heterocycles. The summed E-state index contributed by atoms with van der Waals surface area (Å²) >= 11 is 5.99. The van der Waals surface area contributed by atoms with Crippen LogP contribution in [0.2, 0.25) is 5.02 Å². The normalized spacial score (nSPS) is 14.9. The lowest BCUT2D eigenvalue weighted by molar-refractivity contribution is -0.137. The number of piperidine rings is 1. The molecule has 1 amide bonds. The molecular weight excluding hydrogens is 441 g/mol. The fourth-order valence-electron chi connectivity index (χ4n) is 3.69. The average molecular weight is 461 g/mol. The minimum absolute atomic E-state index is 0.0303. The van der Waals surface area contributed by atoms with E-state index in [1.807, 2.05) is 36.4 Å². The lowest BCUT2D eigenvalue weighted by Crippen LogP contribution is -2.38. The Morgan fingerprint density at radius 2 is 1.75 bits per heavy atom. The zero-order valence-electron chi connectivity index (χ0n) is 16.9. The van der Waals surface area contributed by atoms with Gasteiger partial charge in [-0.15, -0.1) is 0 Å². The van der Waals surface area contributed by atoms with Crippen LogP contribution in [0.1, 0.15) is 18.4 Å². The van der Waals surface area contributed by atoms with Crippen LogP contribution in [0, 0.1) is 5.92 Å². The summed E-state index contributed by atoms with van der Waals surface area (Å²) in [5.41, 5.74) is 0.917. The molecule has 0 aliphatic carbocycles. The predicted molar refractivity (Wildman–Crippen MR) is 117 cm³/mol. The Balaban J connectivity index is 1.40. The Labute approximate surface area is 188 Å². The summed E-state index contributed by atoms with van der Waals surface area (Å²) in [5.74, 6) is 0.115. The van der Waals surface area contributed by atoms with Crippen molar-refractivity contribution in [1.82, 2.24) is 9.97 Å². The number of hydrogen-bond donors (Lipinski definition) is 1. The maximum Gasteiger partial charge on any atom is 0.416 e. The molecule has 0 atom stereocenters. The van der Waals surface area contributed by atoms with E-state index in [-0.39, 0.29) is 22.5 Å². The highest BCUT2D eigenvalue weighted by Gasteiger charge is 2.32. The summed E-state index contributed by atoms with van der Waals surface area (Å²) in [6.45, 7) is 1.19. The smallest absolute Gasteiger partial charge is 0.356 e. The van der Waals surface area contributed by atoms with Crippen molar-refractivity contribution in [2.45, 2.75) is 19.0 Å². The molecule has 1 N–H and O–H groups in total. The minimum Gasteiger partial charge on any atom is -0.356 e. The van der Waals surface area contributed by atoms with Gasteiger partial charge < -0.3 is 10.2 Å². The summed E-state index contributed by atoms with van der Waals surface area (Å²) in [6.07, 6.45) is -1.89. The second kappa shape index (κ2) is 9.16. The van der Waals surface area contributed by atoms with Gasteiger partial charge in [0, 0.05) is 30.6 Å².